The van der Waals surface area contributed by atoms with E-state index in [1.165, 1.54) is 38.5 Å². The van der Waals surface area contributed by atoms with Crippen molar-refractivity contribution in [1.29, 1.82) is 5.26 Å². The van der Waals surface area contributed by atoms with E-state index in [9.17, 15) is 10.1 Å². The van der Waals surface area contributed by atoms with E-state index in [1.807, 2.05) is 20.9 Å². The van der Waals surface area contributed by atoms with Crippen LogP contribution in [0.4, 0.5) is 0 Å². The van der Waals surface area contributed by atoms with Gasteiger partial charge in [-0.3, -0.25) is 4.79 Å². The van der Waals surface area contributed by atoms with E-state index < -0.39 is 0 Å². The lowest BCUT2D eigenvalue weighted by molar-refractivity contribution is -0.142. The Bertz CT molecular complexity index is 413. The van der Waals surface area contributed by atoms with Gasteiger partial charge in [-0.1, -0.05) is 13.8 Å². The van der Waals surface area contributed by atoms with Gasteiger partial charge in [-0.05, 0) is 56.3 Å². The van der Waals surface area contributed by atoms with Crippen molar-refractivity contribution >= 4 is 5.91 Å². The zero-order valence-electron chi connectivity index (χ0n) is 12.9. The van der Waals surface area contributed by atoms with Gasteiger partial charge in [0, 0.05) is 18.4 Å². The molecule has 4 bridgehead atoms. The molecule has 20 heavy (non-hydrogen) atoms. The smallest absolute Gasteiger partial charge is 0.225 e. The van der Waals surface area contributed by atoms with Gasteiger partial charge in [0.15, 0.2) is 0 Å². The fraction of sp³-hybridized carbons (Fsp3) is 0.882. The molecule has 0 aromatic carbocycles. The van der Waals surface area contributed by atoms with Gasteiger partial charge in [-0.15, -0.1) is 0 Å². The molecule has 4 saturated carbocycles. The molecule has 4 aliphatic carbocycles. The number of hydrogen-bond acceptors (Lipinski definition) is 2. The highest BCUT2D eigenvalue weighted by atomic mass is 16.2. The van der Waals surface area contributed by atoms with Crippen molar-refractivity contribution in [1.82, 2.24) is 4.90 Å². The molecule has 1 unspecified atom stereocenters. The van der Waals surface area contributed by atoms with Crippen LogP contribution >= 0.6 is 0 Å². The normalized spacial score (nSPS) is 39.6. The summed E-state index contributed by atoms with van der Waals surface area (Å²) in [5.41, 5.74) is 0.1000. The van der Waals surface area contributed by atoms with Crippen LogP contribution in [0.2, 0.25) is 0 Å². The van der Waals surface area contributed by atoms with E-state index in [0.717, 1.165) is 17.8 Å². The van der Waals surface area contributed by atoms with Crippen LogP contribution in [0.25, 0.3) is 0 Å². The summed E-state index contributed by atoms with van der Waals surface area (Å²) in [5.74, 6) is 2.55. The number of amides is 1. The quantitative estimate of drug-likeness (QED) is 0.793. The van der Waals surface area contributed by atoms with Crippen molar-refractivity contribution in [2.75, 3.05) is 7.05 Å². The highest BCUT2D eigenvalue weighted by Crippen LogP contribution is 2.61. The third-order valence-corrected chi connectivity index (χ3v) is 6.02. The van der Waals surface area contributed by atoms with Gasteiger partial charge in [0.25, 0.3) is 0 Å². The molecule has 0 spiro atoms. The molecule has 4 aliphatic rings. The Kier molecular flexibility index (Phi) is 3.31. The molecule has 0 aromatic heterocycles. The Hall–Kier alpha value is -1.04. The average Bonchev–Trinajstić information content (AvgIpc) is 2.36. The Morgan fingerprint density at radius 2 is 1.60 bits per heavy atom. The minimum Gasteiger partial charge on any atom is -0.329 e. The van der Waals surface area contributed by atoms with Gasteiger partial charge >= 0.3 is 0 Å². The van der Waals surface area contributed by atoms with Gasteiger partial charge in [0.05, 0.1) is 6.07 Å². The number of carbonyl (C=O) groups excluding carboxylic acids is 1. The molecule has 4 fully saturated rings. The summed E-state index contributed by atoms with van der Waals surface area (Å²) in [5, 5.41) is 9.74. The SMILES string of the molecule is CC(C)C(=O)N(C)C(C#N)C12CC3CC(CC(C3)C1)C2. The molecule has 0 aromatic rings. The van der Waals surface area contributed by atoms with Crippen molar-refractivity contribution in [3.63, 3.8) is 0 Å². The van der Waals surface area contributed by atoms with Gasteiger partial charge < -0.3 is 4.90 Å². The maximum absolute atomic E-state index is 12.3. The Balaban J connectivity index is 1.86. The predicted octanol–water partition coefficient (Wildman–Crippen LogP) is 3.21. The van der Waals surface area contributed by atoms with Gasteiger partial charge in [-0.25, -0.2) is 0 Å². The van der Waals surface area contributed by atoms with Crippen LogP contribution in [-0.4, -0.2) is 23.9 Å². The molecule has 1 amide bonds. The molecule has 0 heterocycles. The first-order valence-corrected chi connectivity index (χ1v) is 8.11. The fourth-order valence-corrected chi connectivity index (χ4v) is 5.68. The molecule has 3 nitrogen and oxygen atoms in total. The molecular formula is C17H26N2O. The van der Waals surface area contributed by atoms with Gasteiger partial charge in [0.1, 0.15) is 6.04 Å². The number of rotatable bonds is 3. The summed E-state index contributed by atoms with van der Waals surface area (Å²) in [4.78, 5) is 14.1. The largest absolute Gasteiger partial charge is 0.329 e. The van der Waals surface area contributed by atoms with E-state index in [-0.39, 0.29) is 23.3 Å². The van der Waals surface area contributed by atoms with E-state index >= 15 is 0 Å². The van der Waals surface area contributed by atoms with Gasteiger partial charge in [-0.2, -0.15) is 5.26 Å². The zero-order valence-corrected chi connectivity index (χ0v) is 12.9. The molecule has 0 saturated heterocycles. The molecule has 3 heteroatoms. The Labute approximate surface area is 122 Å². The standard InChI is InChI=1S/C17H26N2O/c1-11(2)16(20)19(3)15(10-18)17-7-12-4-13(8-17)6-14(5-12)9-17/h11-15H,4-9H2,1-3H3. The first kappa shape index (κ1) is 13.9. The fourth-order valence-electron chi connectivity index (χ4n) is 5.68. The molecule has 110 valence electrons. The summed E-state index contributed by atoms with van der Waals surface area (Å²) >= 11 is 0. The zero-order chi connectivity index (χ0) is 14.5. The summed E-state index contributed by atoms with van der Waals surface area (Å²) in [6.07, 6.45) is 7.64. The van der Waals surface area contributed by atoms with Crippen molar-refractivity contribution < 1.29 is 4.79 Å². The van der Waals surface area contributed by atoms with Crippen molar-refractivity contribution in [2.45, 2.75) is 58.4 Å². The maximum atomic E-state index is 12.3. The molecule has 0 radical (unpaired) electrons. The third kappa shape index (κ3) is 2.05. The highest BCUT2D eigenvalue weighted by molar-refractivity contribution is 5.78. The van der Waals surface area contributed by atoms with Crippen molar-refractivity contribution in [3.8, 4) is 6.07 Å². The maximum Gasteiger partial charge on any atom is 0.225 e. The highest BCUT2D eigenvalue weighted by Gasteiger charge is 2.55. The topological polar surface area (TPSA) is 44.1 Å². The summed E-state index contributed by atoms with van der Waals surface area (Å²) < 4.78 is 0. The van der Waals surface area contributed by atoms with Crippen LogP contribution in [0.5, 0.6) is 0 Å². The lowest BCUT2D eigenvalue weighted by Crippen LogP contribution is -2.57. The van der Waals surface area contributed by atoms with E-state index in [0.29, 0.717) is 0 Å². The van der Waals surface area contributed by atoms with E-state index in [1.54, 1.807) is 4.90 Å². The molecule has 4 rings (SSSR count). The third-order valence-electron chi connectivity index (χ3n) is 6.02. The number of hydrogen-bond donors (Lipinski definition) is 0. The van der Waals surface area contributed by atoms with Crippen LogP contribution in [0.15, 0.2) is 0 Å². The van der Waals surface area contributed by atoms with Gasteiger partial charge in [0.2, 0.25) is 5.91 Å². The average molecular weight is 274 g/mol. The van der Waals surface area contributed by atoms with E-state index in [2.05, 4.69) is 6.07 Å². The Morgan fingerprint density at radius 3 is 1.95 bits per heavy atom. The van der Waals surface area contributed by atoms with Crippen molar-refractivity contribution in [3.05, 3.63) is 0 Å². The minimum atomic E-state index is -0.217. The first-order valence-electron chi connectivity index (χ1n) is 8.11. The first-order chi connectivity index (χ1) is 9.45. The van der Waals surface area contributed by atoms with Crippen LogP contribution in [0, 0.1) is 40.4 Å². The van der Waals surface area contributed by atoms with Crippen LogP contribution < -0.4 is 0 Å². The van der Waals surface area contributed by atoms with E-state index in [4.69, 9.17) is 0 Å². The summed E-state index contributed by atoms with van der Waals surface area (Å²) in [6, 6.07) is 2.28. The lowest BCUT2D eigenvalue weighted by Gasteiger charge is -2.59. The molecule has 0 aliphatic heterocycles. The number of nitrogens with zero attached hydrogens (tertiary/aromatic N) is 2. The Morgan fingerprint density at radius 1 is 1.15 bits per heavy atom. The molecule has 0 N–H and O–H groups in total. The summed E-state index contributed by atoms with van der Waals surface area (Å²) in [7, 11) is 1.84. The lowest BCUT2D eigenvalue weighted by atomic mass is 9.47. The summed E-state index contributed by atoms with van der Waals surface area (Å²) in [6.45, 7) is 3.85. The second kappa shape index (κ2) is 4.76. The molecule has 1 atom stereocenters. The minimum absolute atomic E-state index is 0.0234. The monoisotopic (exact) mass is 274 g/mol. The second-order valence-corrected chi connectivity index (χ2v) is 7.92. The predicted molar refractivity (Wildman–Crippen MR) is 77.6 cm³/mol. The van der Waals surface area contributed by atoms with Crippen molar-refractivity contribution in [2.24, 2.45) is 29.1 Å². The number of nitriles is 1. The van der Waals surface area contributed by atoms with Crippen LogP contribution in [0.3, 0.4) is 0 Å². The molecular weight excluding hydrogens is 248 g/mol. The second-order valence-electron chi connectivity index (χ2n) is 7.92. The number of carbonyl (C=O) groups is 1. The van der Waals surface area contributed by atoms with Crippen LogP contribution in [0.1, 0.15) is 52.4 Å². The van der Waals surface area contributed by atoms with Crippen LogP contribution in [-0.2, 0) is 4.79 Å².